The van der Waals surface area contributed by atoms with E-state index in [1.54, 1.807) is 27.8 Å². The maximum absolute atomic E-state index is 11.2. The number of fused-ring (bicyclic) bond motifs is 2. The van der Waals surface area contributed by atoms with Crippen LogP contribution in [0, 0.1) is 11.3 Å². The minimum absolute atomic E-state index is 0.0332. The Morgan fingerprint density at radius 1 is 0.537 bits per heavy atom. The maximum Gasteiger partial charge on any atom is 0.308 e. The minimum atomic E-state index is -0.163. The Bertz CT molecular complexity index is 2230. The van der Waals surface area contributed by atoms with E-state index in [9.17, 15) is 4.79 Å². The molecule has 3 aliphatic rings. The Hall–Kier alpha value is -4.49. The van der Waals surface area contributed by atoms with E-state index in [0.29, 0.717) is 49.8 Å². The summed E-state index contributed by atoms with van der Waals surface area (Å²) in [6.45, 7) is 35.4. The zero-order chi connectivity index (χ0) is 58.4. The van der Waals surface area contributed by atoms with Crippen molar-refractivity contribution in [3.8, 4) is 0 Å². The Kier molecular flexibility index (Phi) is 36.2. The van der Waals surface area contributed by atoms with Crippen LogP contribution < -0.4 is 0 Å². The van der Waals surface area contributed by atoms with Crippen LogP contribution in [0.3, 0.4) is 0 Å². The summed E-state index contributed by atoms with van der Waals surface area (Å²) < 4.78 is 25.9. The summed E-state index contributed by atoms with van der Waals surface area (Å²) in [4.78, 5) is 11.2. The van der Waals surface area contributed by atoms with Crippen LogP contribution in [0.5, 0.6) is 0 Å². The summed E-state index contributed by atoms with van der Waals surface area (Å²) in [5, 5.41) is 0. The highest BCUT2D eigenvalue weighted by atomic mass is 16.6. The van der Waals surface area contributed by atoms with Gasteiger partial charge in [-0.05, 0) is 196 Å². The molecule has 0 aromatic heterocycles. The minimum Gasteiger partial charge on any atom is -0.499 e. The van der Waals surface area contributed by atoms with Crippen molar-refractivity contribution in [1.82, 2.24) is 0 Å². The molecule has 0 saturated carbocycles. The lowest BCUT2D eigenvalue weighted by atomic mass is 9.84. The second-order valence-corrected chi connectivity index (χ2v) is 23.3. The highest BCUT2D eigenvalue weighted by molar-refractivity contribution is 5.71. The first-order chi connectivity index (χ1) is 38.8. The molecule has 5 atom stereocenters. The van der Waals surface area contributed by atoms with Crippen LogP contribution in [0.2, 0.25) is 0 Å². The quantitative estimate of drug-likeness (QED) is 0.0205. The van der Waals surface area contributed by atoms with Gasteiger partial charge in [-0.3, -0.25) is 4.79 Å². The molecular formula is C74H114O6. The summed E-state index contributed by atoms with van der Waals surface area (Å²) in [7, 11) is 0. The number of carbonyl (C=O) groups is 1. The van der Waals surface area contributed by atoms with Gasteiger partial charge < -0.3 is 23.7 Å². The lowest BCUT2D eigenvalue weighted by molar-refractivity contribution is -0.159. The molecule has 4 aromatic rings. The smallest absolute Gasteiger partial charge is 0.308 e. The number of carbonyl (C=O) groups excluding carboxylic acids is 1. The summed E-state index contributed by atoms with van der Waals surface area (Å²) in [5.74, 6) is 1.92. The molecule has 0 spiro atoms. The average molecular weight is 1100 g/mol. The first-order valence-corrected chi connectivity index (χ1v) is 32.0. The van der Waals surface area contributed by atoms with Gasteiger partial charge in [-0.25, -0.2) is 0 Å². The maximum atomic E-state index is 11.2. The molecule has 0 bridgehead atoms. The number of allylic oxidation sites excluding steroid dienone is 1. The number of unbranched alkanes of at least 4 members (excludes halogenated alkanes) is 6. The lowest BCUT2D eigenvalue weighted by Gasteiger charge is -2.41. The van der Waals surface area contributed by atoms with Crippen molar-refractivity contribution in [3.63, 3.8) is 0 Å². The molecule has 6 nitrogen and oxygen atoms in total. The molecule has 1 aliphatic heterocycles. The second kappa shape index (κ2) is 41.5. The molecule has 0 amide bonds. The van der Waals surface area contributed by atoms with E-state index in [1.165, 1.54) is 150 Å². The van der Waals surface area contributed by atoms with Gasteiger partial charge in [-0.2, -0.15) is 0 Å². The molecule has 1 fully saturated rings. The molecule has 5 unspecified atom stereocenters. The Labute approximate surface area is 490 Å². The van der Waals surface area contributed by atoms with E-state index < -0.39 is 0 Å². The predicted octanol–water partition coefficient (Wildman–Crippen LogP) is 19.4. The van der Waals surface area contributed by atoms with Gasteiger partial charge in [0.2, 0.25) is 0 Å². The van der Waals surface area contributed by atoms with Crippen molar-refractivity contribution in [2.24, 2.45) is 11.3 Å². The third-order valence-corrected chi connectivity index (χ3v) is 17.2. The fraction of sp³-hybridized carbons (Fsp3) is 0.608. The third-order valence-electron chi connectivity index (χ3n) is 17.2. The van der Waals surface area contributed by atoms with E-state index >= 15 is 0 Å². The van der Waals surface area contributed by atoms with Crippen molar-refractivity contribution < 1.29 is 28.5 Å². The number of hydrogen-bond acceptors (Lipinski definition) is 6. The summed E-state index contributed by atoms with van der Waals surface area (Å²) in [5.41, 5.74) is 15.7. The number of esters is 1. The van der Waals surface area contributed by atoms with E-state index in [2.05, 4.69) is 160 Å². The van der Waals surface area contributed by atoms with Gasteiger partial charge in [0.1, 0.15) is 13.2 Å². The Morgan fingerprint density at radius 3 is 1.45 bits per heavy atom. The predicted molar refractivity (Wildman–Crippen MR) is 342 cm³/mol. The lowest BCUT2D eigenvalue weighted by Crippen LogP contribution is -2.46. The molecule has 1 saturated heterocycles. The fourth-order valence-corrected chi connectivity index (χ4v) is 9.48. The molecule has 4 aromatic carbocycles. The van der Waals surface area contributed by atoms with Gasteiger partial charge in [0.15, 0.2) is 0 Å². The highest BCUT2D eigenvalue weighted by Crippen LogP contribution is 2.32. The van der Waals surface area contributed by atoms with Crippen LogP contribution in [0.15, 0.2) is 110 Å². The van der Waals surface area contributed by atoms with E-state index in [4.69, 9.17) is 23.7 Å². The highest BCUT2D eigenvalue weighted by Gasteiger charge is 2.37. The van der Waals surface area contributed by atoms with Crippen LogP contribution in [0.4, 0.5) is 0 Å². The van der Waals surface area contributed by atoms with Gasteiger partial charge in [0.05, 0.1) is 51.3 Å². The third kappa shape index (κ3) is 27.1. The van der Waals surface area contributed by atoms with Crippen molar-refractivity contribution in [2.75, 3.05) is 46.2 Å². The standard InChI is InChI=1S/C24H32.C17H26.C12H16.C11H20O4.C10H20O2/c1-3-19(2)22-13-10-20(11-14-22)8-6-4-5-7-9-21-12-15-23-16-17-24(23)18-21;1-4-6-7-8-9-10-16-11-13-17(14-12-16)15(3)5-2;1-3-9(2)11-6-4-10-5-7-12(10)8-11;1-4-10(3)11(12)15-9-8-14-7-6-13-5-2;1-4-9(3)12-8-10(5-2)6-11-7-10/h10-15,18-19H,3-9,16-17H2,1-2H3;4,11-15H,1,5-10H2,2-3H3;4,6,8-9H,3,5,7H2,1-2H3;5,10H,2,4,6-9H2,1,3H3;9H,4-8H2,1-3H3. The van der Waals surface area contributed by atoms with Gasteiger partial charge >= 0.3 is 5.97 Å². The van der Waals surface area contributed by atoms with Crippen LogP contribution >= 0.6 is 0 Å². The SMILES string of the molecule is C=CCCCCCc1ccc(C(C)CC)cc1.C=COCCOCCOC(=O)C(C)CC.CCC(C)OCC1(CC)COC1.CCC(C)c1ccc(CCCCCCc2ccc3c(c2)CC3)cc1.CCC(C)c1ccc2c(c1)CC2. The van der Waals surface area contributed by atoms with Crippen LogP contribution in [0.25, 0.3) is 0 Å². The van der Waals surface area contributed by atoms with Crippen LogP contribution in [-0.4, -0.2) is 58.3 Å². The molecule has 446 valence electrons. The summed E-state index contributed by atoms with van der Waals surface area (Å²) in [6, 6.07) is 32.7. The van der Waals surface area contributed by atoms with E-state index in [-0.39, 0.29) is 11.9 Å². The summed E-state index contributed by atoms with van der Waals surface area (Å²) >= 11 is 0. The first-order valence-electron chi connectivity index (χ1n) is 32.0. The summed E-state index contributed by atoms with van der Waals surface area (Å²) in [6.07, 6.45) is 29.9. The zero-order valence-electron chi connectivity index (χ0n) is 52.8. The Morgan fingerprint density at radius 2 is 1.01 bits per heavy atom. The Balaban J connectivity index is 0.000000270. The van der Waals surface area contributed by atoms with Gasteiger partial charge in [-0.15, -0.1) is 6.58 Å². The number of benzene rings is 4. The molecular weight excluding hydrogens is 985 g/mol. The van der Waals surface area contributed by atoms with Crippen LogP contribution in [0.1, 0.15) is 239 Å². The number of rotatable bonds is 33. The van der Waals surface area contributed by atoms with Crippen molar-refractivity contribution in [3.05, 3.63) is 166 Å². The normalized spacial score (nSPS) is 15.0. The average Bonchev–Trinajstić information content (AvgIpc) is 3.47. The molecule has 2 aliphatic carbocycles. The first kappa shape index (κ1) is 69.8. The molecule has 80 heavy (non-hydrogen) atoms. The molecule has 6 heteroatoms. The fourth-order valence-electron chi connectivity index (χ4n) is 9.48. The van der Waals surface area contributed by atoms with Gasteiger partial charge in [-0.1, -0.05) is 186 Å². The van der Waals surface area contributed by atoms with E-state index in [0.717, 1.165) is 45.0 Å². The van der Waals surface area contributed by atoms with Crippen molar-refractivity contribution in [1.29, 1.82) is 0 Å². The van der Waals surface area contributed by atoms with E-state index in [1.807, 2.05) is 19.9 Å². The second-order valence-electron chi connectivity index (χ2n) is 23.3. The molecule has 7 rings (SSSR count). The molecule has 0 N–H and O–H groups in total. The van der Waals surface area contributed by atoms with Crippen molar-refractivity contribution >= 4 is 5.97 Å². The number of hydrogen-bond donors (Lipinski definition) is 0. The van der Waals surface area contributed by atoms with Gasteiger partial charge in [0, 0.05) is 5.41 Å². The number of aryl methyl sites for hydroxylation is 7. The van der Waals surface area contributed by atoms with Gasteiger partial charge in [0.25, 0.3) is 0 Å². The number of ether oxygens (including phenoxy) is 5. The molecule has 1 heterocycles. The topological polar surface area (TPSA) is 63.2 Å². The zero-order valence-corrected chi connectivity index (χ0v) is 52.8. The van der Waals surface area contributed by atoms with Crippen LogP contribution in [-0.2, 0) is 73.4 Å². The molecule has 0 radical (unpaired) electrons. The largest absolute Gasteiger partial charge is 0.499 e. The van der Waals surface area contributed by atoms with Crippen molar-refractivity contribution in [2.45, 2.75) is 235 Å². The monoisotopic (exact) mass is 1100 g/mol.